The molecule has 1 saturated carbocycles. The van der Waals surface area contributed by atoms with E-state index in [-0.39, 0.29) is 28.9 Å². The van der Waals surface area contributed by atoms with Crippen molar-refractivity contribution in [3.05, 3.63) is 17.7 Å². The summed E-state index contributed by atoms with van der Waals surface area (Å²) >= 11 is 2.01. The molecule has 0 bridgehead atoms. The summed E-state index contributed by atoms with van der Waals surface area (Å²) in [5.41, 5.74) is 1.20. The van der Waals surface area contributed by atoms with E-state index < -0.39 is 6.23 Å². The van der Waals surface area contributed by atoms with Gasteiger partial charge in [-0.1, -0.05) is 0 Å². The third kappa shape index (κ3) is 1.91. The molecule has 0 radical (unpaired) electrons. The molecule has 6 nitrogen and oxygen atoms in total. The number of rotatable bonds is 1. The Morgan fingerprint density at radius 3 is 2.77 bits per heavy atom. The number of aromatic hydroxyl groups is 1. The lowest BCUT2D eigenvalue weighted by Gasteiger charge is -2.29. The number of hydrogen-bond acceptors (Lipinski definition) is 5. The standard InChI is InChI=1S/C15H17IN2O4/c1-22-12-4-8-9(5-11(12)19)18(16)14(21)10-6-15(2-3-15)7-17(10)13(8)20/h4-5,10,14,19,21H,2-3,6-7H2,1H3/t10?,14-/m0/s1. The lowest BCUT2D eigenvalue weighted by Crippen LogP contribution is -2.45. The summed E-state index contributed by atoms with van der Waals surface area (Å²) < 4.78 is 6.77. The molecular formula is C15H17IN2O4. The van der Waals surface area contributed by atoms with Crippen molar-refractivity contribution in [2.75, 3.05) is 16.8 Å². The summed E-state index contributed by atoms with van der Waals surface area (Å²) in [7, 11) is 1.46. The van der Waals surface area contributed by atoms with Gasteiger partial charge in [-0.25, -0.2) is 0 Å². The van der Waals surface area contributed by atoms with Gasteiger partial charge in [0.15, 0.2) is 17.7 Å². The number of ether oxygens (including phenoxy) is 1. The number of aliphatic hydroxyl groups excluding tert-OH is 1. The second kappa shape index (κ2) is 4.64. The third-order valence-corrected chi connectivity index (χ3v) is 6.19. The molecule has 4 rings (SSSR count). The minimum Gasteiger partial charge on any atom is -0.504 e. The van der Waals surface area contributed by atoms with Crippen molar-refractivity contribution in [2.24, 2.45) is 5.41 Å². The fourth-order valence-electron chi connectivity index (χ4n) is 3.64. The minimum atomic E-state index is -0.779. The van der Waals surface area contributed by atoms with Crippen molar-refractivity contribution in [1.82, 2.24) is 4.90 Å². The van der Waals surface area contributed by atoms with Gasteiger partial charge in [0.25, 0.3) is 5.91 Å². The van der Waals surface area contributed by atoms with E-state index in [1.54, 1.807) is 14.1 Å². The molecule has 1 amide bonds. The molecule has 2 N–H and O–H groups in total. The van der Waals surface area contributed by atoms with Crippen LogP contribution in [0.5, 0.6) is 11.5 Å². The first-order chi connectivity index (χ1) is 10.5. The van der Waals surface area contributed by atoms with Gasteiger partial charge in [0.1, 0.15) is 0 Å². The SMILES string of the molecule is COc1cc2c(cc1O)N(I)[C@@H](O)C1CC3(CC3)CN1C2=O. The number of halogens is 1. The molecule has 0 aromatic heterocycles. The summed E-state index contributed by atoms with van der Waals surface area (Å²) in [6.07, 6.45) is 2.33. The number of methoxy groups -OCH3 is 1. The van der Waals surface area contributed by atoms with Gasteiger partial charge in [-0.2, -0.15) is 0 Å². The predicted octanol–water partition coefficient (Wildman–Crippen LogP) is 1.88. The second-order valence-electron chi connectivity index (χ2n) is 6.47. The molecule has 2 fully saturated rings. The van der Waals surface area contributed by atoms with E-state index >= 15 is 0 Å². The van der Waals surface area contributed by atoms with Gasteiger partial charge in [0.2, 0.25) is 0 Å². The molecule has 1 saturated heterocycles. The van der Waals surface area contributed by atoms with Gasteiger partial charge in [-0.05, 0) is 30.7 Å². The summed E-state index contributed by atoms with van der Waals surface area (Å²) in [6, 6.07) is 2.84. The van der Waals surface area contributed by atoms with E-state index in [1.807, 2.05) is 22.9 Å². The highest BCUT2D eigenvalue weighted by molar-refractivity contribution is 14.1. The minimum absolute atomic E-state index is 0.0383. The largest absolute Gasteiger partial charge is 0.504 e. The number of amides is 1. The van der Waals surface area contributed by atoms with Gasteiger partial charge >= 0.3 is 0 Å². The Hall–Kier alpha value is -1.22. The summed E-state index contributed by atoms with van der Waals surface area (Å²) in [5, 5.41) is 20.7. The first kappa shape index (κ1) is 14.4. The summed E-state index contributed by atoms with van der Waals surface area (Å²) in [4.78, 5) is 14.7. The average Bonchev–Trinajstić information content (AvgIpc) is 3.16. The van der Waals surface area contributed by atoms with Crippen LogP contribution < -0.4 is 7.85 Å². The molecule has 2 atom stereocenters. The molecule has 7 heteroatoms. The molecule has 1 spiro atoms. The van der Waals surface area contributed by atoms with Crippen LogP contribution in [0.25, 0.3) is 0 Å². The fourth-order valence-corrected chi connectivity index (χ4v) is 4.41. The molecular weight excluding hydrogens is 399 g/mol. The zero-order valence-electron chi connectivity index (χ0n) is 12.1. The molecule has 22 heavy (non-hydrogen) atoms. The van der Waals surface area contributed by atoms with Gasteiger partial charge in [0.05, 0.1) is 47.3 Å². The first-order valence-electron chi connectivity index (χ1n) is 7.31. The van der Waals surface area contributed by atoms with Gasteiger partial charge in [-0.15, -0.1) is 0 Å². The van der Waals surface area contributed by atoms with Crippen LogP contribution in [0, 0.1) is 5.41 Å². The average molecular weight is 416 g/mol. The Kier molecular flexibility index (Phi) is 3.03. The molecule has 2 aliphatic heterocycles. The third-order valence-electron chi connectivity index (χ3n) is 5.10. The highest BCUT2D eigenvalue weighted by Crippen LogP contribution is 2.57. The van der Waals surface area contributed by atoms with Crippen LogP contribution in [0.1, 0.15) is 29.6 Å². The Morgan fingerprint density at radius 1 is 1.41 bits per heavy atom. The van der Waals surface area contributed by atoms with E-state index in [1.165, 1.54) is 13.2 Å². The van der Waals surface area contributed by atoms with Crippen LogP contribution >= 0.6 is 22.9 Å². The van der Waals surface area contributed by atoms with Crippen LogP contribution in [0.15, 0.2) is 12.1 Å². The van der Waals surface area contributed by atoms with Crippen molar-refractivity contribution in [1.29, 1.82) is 0 Å². The maximum atomic E-state index is 13.0. The van der Waals surface area contributed by atoms with Crippen molar-refractivity contribution in [3.63, 3.8) is 0 Å². The van der Waals surface area contributed by atoms with Crippen molar-refractivity contribution < 1.29 is 19.7 Å². The Labute approximate surface area is 142 Å². The number of carbonyl (C=O) groups excluding carboxylic acids is 1. The van der Waals surface area contributed by atoms with Crippen molar-refractivity contribution in [2.45, 2.75) is 31.5 Å². The molecule has 1 aromatic carbocycles. The number of phenolic OH excluding ortho intramolecular Hbond substituents is 1. The van der Waals surface area contributed by atoms with Crippen LogP contribution in [0.3, 0.4) is 0 Å². The number of hydrogen-bond donors (Lipinski definition) is 2. The van der Waals surface area contributed by atoms with Crippen LogP contribution in [-0.2, 0) is 0 Å². The molecule has 1 aromatic rings. The Balaban J connectivity index is 1.84. The first-order valence-corrected chi connectivity index (χ1v) is 8.27. The van der Waals surface area contributed by atoms with Crippen LogP contribution in [-0.4, -0.2) is 46.9 Å². The normalized spacial score (nSPS) is 28.4. The molecule has 1 unspecified atom stereocenters. The zero-order valence-corrected chi connectivity index (χ0v) is 14.3. The summed E-state index contributed by atoms with van der Waals surface area (Å²) in [5.74, 6) is 0.133. The topological polar surface area (TPSA) is 73.2 Å². The lowest BCUT2D eigenvalue weighted by atomic mass is 10.0. The highest BCUT2D eigenvalue weighted by atomic mass is 127. The molecule has 1 aliphatic carbocycles. The second-order valence-corrected chi connectivity index (χ2v) is 7.51. The number of nitrogens with zero attached hydrogens (tertiary/aromatic N) is 2. The van der Waals surface area contributed by atoms with E-state index in [0.717, 1.165) is 19.3 Å². The fraction of sp³-hybridized carbons (Fsp3) is 0.533. The van der Waals surface area contributed by atoms with Crippen LogP contribution in [0.2, 0.25) is 0 Å². The Morgan fingerprint density at radius 2 is 2.14 bits per heavy atom. The number of fused-ring (bicyclic) bond motifs is 2. The molecule has 2 heterocycles. The van der Waals surface area contributed by atoms with E-state index in [4.69, 9.17) is 4.74 Å². The van der Waals surface area contributed by atoms with Gasteiger partial charge in [0, 0.05) is 12.6 Å². The Bertz CT molecular complexity index is 661. The van der Waals surface area contributed by atoms with Gasteiger partial charge < -0.3 is 19.8 Å². The van der Waals surface area contributed by atoms with E-state index in [9.17, 15) is 15.0 Å². The van der Waals surface area contributed by atoms with Crippen molar-refractivity contribution >= 4 is 34.5 Å². The van der Waals surface area contributed by atoms with E-state index in [2.05, 4.69) is 0 Å². The maximum Gasteiger partial charge on any atom is 0.256 e. The number of benzene rings is 1. The van der Waals surface area contributed by atoms with Crippen LogP contribution in [0.4, 0.5) is 5.69 Å². The maximum absolute atomic E-state index is 13.0. The molecule has 3 aliphatic rings. The van der Waals surface area contributed by atoms with Crippen molar-refractivity contribution in [3.8, 4) is 11.5 Å². The smallest absolute Gasteiger partial charge is 0.256 e. The molecule has 118 valence electrons. The van der Waals surface area contributed by atoms with E-state index in [0.29, 0.717) is 17.8 Å². The zero-order chi connectivity index (χ0) is 15.6. The number of phenols is 1. The van der Waals surface area contributed by atoms with Gasteiger partial charge in [-0.3, -0.25) is 7.91 Å². The monoisotopic (exact) mass is 416 g/mol. The quantitative estimate of drug-likeness (QED) is 0.541. The number of carbonyl (C=O) groups is 1. The summed E-state index contributed by atoms with van der Waals surface area (Å²) in [6.45, 7) is 0.709. The predicted molar refractivity (Wildman–Crippen MR) is 88.3 cm³/mol. The lowest BCUT2D eigenvalue weighted by molar-refractivity contribution is 0.0561. The highest BCUT2D eigenvalue weighted by Gasteiger charge is 2.56. The number of anilines is 1. The number of aliphatic hydroxyl groups is 1.